The average Bonchev–Trinajstić information content (AvgIpc) is 2.27. The molecule has 0 saturated heterocycles. The van der Waals surface area contributed by atoms with Crippen molar-refractivity contribution in [2.75, 3.05) is 12.5 Å². The Morgan fingerprint density at radius 3 is 2.53 bits per heavy atom. The topological polar surface area (TPSA) is 49.3 Å². The van der Waals surface area contributed by atoms with Gasteiger partial charge in [-0.3, -0.25) is 4.79 Å². The number of carbonyl (C=O) groups excluding carboxylic acids is 1. The highest BCUT2D eigenvalue weighted by Gasteiger charge is 2.12. The third kappa shape index (κ3) is 3.81. The molecule has 2 N–H and O–H groups in total. The Hall–Kier alpha value is -0.580. The van der Waals surface area contributed by atoms with Crippen LogP contribution < -0.4 is 5.32 Å². The molecule has 0 bridgehead atoms. The second-order valence-electron chi connectivity index (χ2n) is 2.99. The minimum Gasteiger partial charge on any atom is -0.394 e. The summed E-state index contributed by atoms with van der Waals surface area (Å²) >= 11 is 8.67. The Morgan fingerprint density at radius 2 is 2.07 bits per heavy atom. The van der Waals surface area contributed by atoms with Crippen molar-refractivity contribution in [3.05, 3.63) is 34.3 Å². The van der Waals surface area contributed by atoms with Crippen LogP contribution in [0.3, 0.4) is 0 Å². The van der Waals surface area contributed by atoms with Crippen molar-refractivity contribution < 1.29 is 9.90 Å². The van der Waals surface area contributed by atoms with Gasteiger partial charge in [0.15, 0.2) is 0 Å². The molecule has 0 radical (unpaired) electrons. The largest absolute Gasteiger partial charge is 0.394 e. The quantitative estimate of drug-likeness (QED) is 0.832. The zero-order valence-corrected chi connectivity index (χ0v) is 10.3. The van der Waals surface area contributed by atoms with E-state index in [1.807, 2.05) is 24.3 Å². The standard InChI is InChI=1S/C10H11BrClNO2/c11-8-3-1-7(2-4-8)9(6-14)13-10(15)5-12/h1-4,9,14H,5-6H2,(H,13,15). The van der Waals surface area contributed by atoms with Gasteiger partial charge in [-0.25, -0.2) is 0 Å². The first-order valence-electron chi connectivity index (χ1n) is 4.39. The highest BCUT2D eigenvalue weighted by molar-refractivity contribution is 9.10. The van der Waals surface area contributed by atoms with Crippen LogP contribution in [0.2, 0.25) is 0 Å². The highest BCUT2D eigenvalue weighted by Crippen LogP contribution is 2.16. The van der Waals surface area contributed by atoms with Gasteiger partial charge < -0.3 is 10.4 Å². The smallest absolute Gasteiger partial charge is 0.235 e. The molecule has 3 nitrogen and oxygen atoms in total. The number of hydrogen-bond acceptors (Lipinski definition) is 2. The van der Waals surface area contributed by atoms with Crippen LogP contribution in [0.25, 0.3) is 0 Å². The van der Waals surface area contributed by atoms with Crippen molar-refractivity contribution in [3.8, 4) is 0 Å². The minimum atomic E-state index is -0.399. The highest BCUT2D eigenvalue weighted by atomic mass is 79.9. The van der Waals surface area contributed by atoms with Crippen molar-refractivity contribution in [2.45, 2.75) is 6.04 Å². The molecule has 1 rings (SSSR count). The van der Waals surface area contributed by atoms with Crippen LogP contribution in [-0.2, 0) is 4.79 Å². The van der Waals surface area contributed by atoms with Gasteiger partial charge in [0.2, 0.25) is 5.91 Å². The van der Waals surface area contributed by atoms with E-state index >= 15 is 0 Å². The van der Waals surface area contributed by atoms with Gasteiger partial charge in [-0.05, 0) is 17.7 Å². The van der Waals surface area contributed by atoms with Gasteiger partial charge in [0.1, 0.15) is 5.88 Å². The molecule has 15 heavy (non-hydrogen) atoms. The fourth-order valence-electron chi connectivity index (χ4n) is 1.16. The molecule has 0 aliphatic carbocycles. The molecule has 0 heterocycles. The molecule has 1 atom stereocenters. The molecular weight excluding hydrogens is 281 g/mol. The lowest BCUT2D eigenvalue weighted by molar-refractivity contribution is -0.119. The Morgan fingerprint density at radius 1 is 1.47 bits per heavy atom. The van der Waals surface area contributed by atoms with E-state index in [0.29, 0.717) is 0 Å². The summed E-state index contributed by atoms with van der Waals surface area (Å²) in [6, 6.07) is 6.97. The zero-order valence-electron chi connectivity index (χ0n) is 7.91. The number of alkyl halides is 1. The van der Waals surface area contributed by atoms with Gasteiger partial charge in [0.25, 0.3) is 0 Å². The molecule has 82 valence electrons. The third-order valence-electron chi connectivity index (χ3n) is 1.91. The number of benzene rings is 1. The van der Waals surface area contributed by atoms with Crippen LogP contribution in [0.15, 0.2) is 28.7 Å². The van der Waals surface area contributed by atoms with Gasteiger partial charge in [-0.2, -0.15) is 0 Å². The zero-order chi connectivity index (χ0) is 11.3. The molecule has 0 aliphatic rings. The van der Waals surface area contributed by atoms with Gasteiger partial charge in [-0.15, -0.1) is 11.6 Å². The Bertz CT molecular complexity index is 329. The van der Waals surface area contributed by atoms with Gasteiger partial charge >= 0.3 is 0 Å². The average molecular weight is 293 g/mol. The fraction of sp³-hybridized carbons (Fsp3) is 0.300. The summed E-state index contributed by atoms with van der Waals surface area (Å²) < 4.78 is 0.951. The van der Waals surface area contributed by atoms with Crippen LogP contribution in [-0.4, -0.2) is 23.5 Å². The number of carbonyl (C=O) groups is 1. The third-order valence-corrected chi connectivity index (χ3v) is 2.68. The summed E-state index contributed by atoms with van der Waals surface area (Å²) in [7, 11) is 0. The molecule has 1 amide bonds. The maximum atomic E-state index is 11.1. The second-order valence-corrected chi connectivity index (χ2v) is 4.17. The molecule has 0 aliphatic heterocycles. The normalized spacial score (nSPS) is 12.2. The Kier molecular flexibility index (Phi) is 5.08. The second kappa shape index (κ2) is 6.10. The van der Waals surface area contributed by atoms with E-state index in [0.717, 1.165) is 10.0 Å². The fourth-order valence-corrected chi connectivity index (χ4v) is 1.50. The van der Waals surface area contributed by atoms with Crippen LogP contribution in [0.1, 0.15) is 11.6 Å². The van der Waals surface area contributed by atoms with Crippen LogP contribution in [0, 0.1) is 0 Å². The first-order chi connectivity index (χ1) is 7.17. The number of nitrogens with one attached hydrogen (secondary N) is 1. The van der Waals surface area contributed by atoms with Crippen molar-refractivity contribution in [1.29, 1.82) is 0 Å². The van der Waals surface area contributed by atoms with E-state index in [9.17, 15) is 4.79 Å². The summed E-state index contributed by atoms with van der Waals surface area (Å²) in [5.74, 6) is -0.397. The number of aliphatic hydroxyl groups excluding tert-OH is 1. The minimum absolute atomic E-state index is 0.104. The van der Waals surface area contributed by atoms with Crippen LogP contribution in [0.4, 0.5) is 0 Å². The number of hydrogen-bond donors (Lipinski definition) is 2. The first kappa shape index (κ1) is 12.5. The van der Waals surface area contributed by atoms with E-state index in [1.54, 1.807) is 0 Å². The van der Waals surface area contributed by atoms with Gasteiger partial charge in [0, 0.05) is 4.47 Å². The lowest BCUT2D eigenvalue weighted by Gasteiger charge is -2.15. The van der Waals surface area contributed by atoms with Crippen molar-refractivity contribution in [1.82, 2.24) is 5.32 Å². The molecule has 1 aromatic rings. The monoisotopic (exact) mass is 291 g/mol. The van der Waals surface area contributed by atoms with E-state index < -0.39 is 6.04 Å². The Balaban J connectivity index is 2.74. The molecule has 1 unspecified atom stereocenters. The predicted molar refractivity (Wildman–Crippen MR) is 62.8 cm³/mol. The van der Waals surface area contributed by atoms with Crippen LogP contribution >= 0.6 is 27.5 Å². The predicted octanol–water partition coefficient (Wildman–Crippen LogP) is 1.84. The van der Waals surface area contributed by atoms with E-state index in [4.69, 9.17) is 16.7 Å². The molecule has 0 spiro atoms. The SMILES string of the molecule is O=C(CCl)NC(CO)c1ccc(Br)cc1. The molecular formula is C10H11BrClNO2. The van der Waals surface area contributed by atoms with Crippen LogP contribution in [0.5, 0.6) is 0 Å². The summed E-state index contributed by atoms with van der Waals surface area (Å²) in [4.78, 5) is 11.1. The molecule has 0 fully saturated rings. The van der Waals surface area contributed by atoms with E-state index in [2.05, 4.69) is 21.2 Å². The van der Waals surface area contributed by atoms with Gasteiger partial charge in [0.05, 0.1) is 12.6 Å². The van der Waals surface area contributed by atoms with Gasteiger partial charge in [-0.1, -0.05) is 28.1 Å². The molecule has 5 heteroatoms. The lowest BCUT2D eigenvalue weighted by Crippen LogP contribution is -2.31. The first-order valence-corrected chi connectivity index (χ1v) is 5.71. The maximum Gasteiger partial charge on any atom is 0.235 e. The molecule has 1 aromatic carbocycles. The van der Waals surface area contributed by atoms with E-state index in [1.165, 1.54) is 0 Å². The number of rotatable bonds is 4. The molecule has 0 saturated carbocycles. The molecule has 0 aromatic heterocycles. The summed E-state index contributed by atoms with van der Waals surface area (Å²) in [6.07, 6.45) is 0. The van der Waals surface area contributed by atoms with Crippen molar-refractivity contribution in [3.63, 3.8) is 0 Å². The summed E-state index contributed by atoms with van der Waals surface area (Å²) in [5.41, 5.74) is 0.846. The number of halogens is 2. The summed E-state index contributed by atoms with van der Waals surface area (Å²) in [5, 5.41) is 11.7. The Labute approximate surface area is 102 Å². The maximum absolute atomic E-state index is 11.1. The number of amides is 1. The lowest BCUT2D eigenvalue weighted by atomic mass is 10.1. The number of aliphatic hydroxyl groups is 1. The van der Waals surface area contributed by atoms with Crippen molar-refractivity contribution in [2.24, 2.45) is 0 Å². The van der Waals surface area contributed by atoms with E-state index in [-0.39, 0.29) is 18.4 Å². The summed E-state index contributed by atoms with van der Waals surface area (Å²) in [6.45, 7) is -0.149. The van der Waals surface area contributed by atoms with Crippen molar-refractivity contribution >= 4 is 33.4 Å².